The normalized spacial score (nSPS) is 11.7. The van der Waals surface area contributed by atoms with Crippen molar-refractivity contribution in [2.75, 3.05) is 32.8 Å². The van der Waals surface area contributed by atoms with Crippen molar-refractivity contribution in [2.45, 2.75) is 33.1 Å². The molecule has 0 saturated heterocycles. The second kappa shape index (κ2) is 11.5. The molecule has 0 fully saturated rings. The minimum absolute atomic E-state index is 0.794. The number of aliphatic imine (C=N–C) groups is 1. The zero-order valence-electron chi connectivity index (χ0n) is 15.6. The smallest absolute Gasteiger partial charge is 0.191 e. The van der Waals surface area contributed by atoms with Crippen LogP contribution in [0.5, 0.6) is 0 Å². The van der Waals surface area contributed by atoms with E-state index in [1.54, 1.807) is 0 Å². The third-order valence-corrected chi connectivity index (χ3v) is 4.04. The molecule has 2 aromatic rings. The highest BCUT2D eigenvalue weighted by molar-refractivity contribution is 5.83. The fraction of sp³-hybridized carbons (Fsp3) is 0.476. The van der Waals surface area contributed by atoms with Crippen molar-refractivity contribution in [3.05, 3.63) is 48.0 Å². The van der Waals surface area contributed by atoms with Crippen molar-refractivity contribution < 1.29 is 4.74 Å². The van der Waals surface area contributed by atoms with Gasteiger partial charge < -0.3 is 15.4 Å². The van der Waals surface area contributed by atoms with E-state index in [4.69, 9.17) is 4.74 Å². The Morgan fingerprint density at radius 3 is 2.64 bits per heavy atom. The Bertz CT molecular complexity index is 654. The maximum Gasteiger partial charge on any atom is 0.191 e. The van der Waals surface area contributed by atoms with Crippen LogP contribution in [-0.2, 0) is 11.2 Å². The van der Waals surface area contributed by atoms with Crippen LogP contribution in [0.1, 0.15) is 32.3 Å². The van der Waals surface area contributed by atoms with Gasteiger partial charge in [-0.2, -0.15) is 0 Å². The highest BCUT2D eigenvalue weighted by Crippen LogP contribution is 2.15. The predicted molar refractivity (Wildman–Crippen MR) is 107 cm³/mol. The summed E-state index contributed by atoms with van der Waals surface area (Å²) in [6, 6.07) is 15.2. The Morgan fingerprint density at radius 2 is 1.84 bits per heavy atom. The molecule has 136 valence electrons. The van der Waals surface area contributed by atoms with Gasteiger partial charge in [-0.3, -0.25) is 4.99 Å². The summed E-state index contributed by atoms with van der Waals surface area (Å²) in [5.41, 5.74) is 1.35. The van der Waals surface area contributed by atoms with Crippen molar-refractivity contribution in [3.8, 4) is 0 Å². The van der Waals surface area contributed by atoms with E-state index < -0.39 is 0 Å². The van der Waals surface area contributed by atoms with Gasteiger partial charge in [0, 0.05) is 32.8 Å². The second-order valence-corrected chi connectivity index (χ2v) is 6.02. The molecule has 0 saturated carbocycles. The molecular formula is C21H31N3O. The largest absolute Gasteiger partial charge is 0.382 e. The summed E-state index contributed by atoms with van der Waals surface area (Å²) in [7, 11) is 0. The lowest BCUT2D eigenvalue weighted by Gasteiger charge is -2.11. The fourth-order valence-electron chi connectivity index (χ4n) is 2.71. The zero-order valence-corrected chi connectivity index (χ0v) is 15.6. The van der Waals surface area contributed by atoms with Gasteiger partial charge in [0.05, 0.1) is 0 Å². The van der Waals surface area contributed by atoms with Gasteiger partial charge in [-0.15, -0.1) is 0 Å². The topological polar surface area (TPSA) is 45.7 Å². The Kier molecular flexibility index (Phi) is 8.84. The molecule has 0 aliphatic heterocycles. The summed E-state index contributed by atoms with van der Waals surface area (Å²) in [4.78, 5) is 4.63. The Labute approximate surface area is 151 Å². The van der Waals surface area contributed by atoms with Crippen LogP contribution in [0, 0.1) is 0 Å². The quantitative estimate of drug-likeness (QED) is 0.393. The lowest BCUT2D eigenvalue weighted by atomic mass is 10.1. The zero-order chi connectivity index (χ0) is 17.7. The summed E-state index contributed by atoms with van der Waals surface area (Å²) in [5, 5.41) is 9.33. The molecule has 0 aromatic heterocycles. The van der Waals surface area contributed by atoms with Gasteiger partial charge in [0.1, 0.15) is 0 Å². The molecule has 0 spiro atoms. The first-order chi connectivity index (χ1) is 12.3. The number of hydrogen-bond acceptors (Lipinski definition) is 2. The van der Waals surface area contributed by atoms with Crippen LogP contribution in [0.15, 0.2) is 47.5 Å². The highest BCUT2D eigenvalue weighted by atomic mass is 16.5. The highest BCUT2D eigenvalue weighted by Gasteiger charge is 1.99. The minimum Gasteiger partial charge on any atom is -0.382 e. The van der Waals surface area contributed by atoms with Crippen LogP contribution >= 0.6 is 0 Å². The van der Waals surface area contributed by atoms with Gasteiger partial charge in [0.25, 0.3) is 0 Å². The number of ether oxygens (including phenoxy) is 1. The molecule has 25 heavy (non-hydrogen) atoms. The number of unbranched alkanes of at least 4 members (excludes halogenated alkanes) is 1. The van der Waals surface area contributed by atoms with Gasteiger partial charge in [-0.25, -0.2) is 0 Å². The molecule has 0 atom stereocenters. The number of nitrogens with zero attached hydrogens (tertiary/aromatic N) is 1. The number of hydrogen-bond donors (Lipinski definition) is 2. The van der Waals surface area contributed by atoms with Gasteiger partial charge in [0.2, 0.25) is 0 Å². The molecular weight excluding hydrogens is 310 g/mol. The molecule has 0 amide bonds. The standard InChI is InChI=1S/C21H31N3O/c1-3-22-21(23-14-7-8-16-25-4-2)24-15-13-18-11-12-19-9-5-6-10-20(19)17-18/h5-6,9-12,17H,3-4,7-8,13-16H2,1-2H3,(H2,22,23,24). The SMILES string of the molecule is CCNC(=NCCCCOCC)NCCc1ccc2ccccc2c1. The lowest BCUT2D eigenvalue weighted by Crippen LogP contribution is -2.38. The monoisotopic (exact) mass is 341 g/mol. The molecule has 0 aliphatic carbocycles. The summed E-state index contributed by atoms with van der Waals surface area (Å²) in [5.74, 6) is 0.902. The molecule has 0 unspecified atom stereocenters. The third kappa shape index (κ3) is 7.14. The van der Waals surface area contributed by atoms with E-state index in [-0.39, 0.29) is 0 Å². The van der Waals surface area contributed by atoms with Crippen LogP contribution in [0.25, 0.3) is 10.8 Å². The van der Waals surface area contributed by atoms with Crippen LogP contribution < -0.4 is 10.6 Å². The van der Waals surface area contributed by atoms with Gasteiger partial charge >= 0.3 is 0 Å². The Balaban J connectivity index is 1.77. The minimum atomic E-state index is 0.794. The second-order valence-electron chi connectivity index (χ2n) is 6.02. The molecule has 4 nitrogen and oxygen atoms in total. The summed E-state index contributed by atoms with van der Waals surface area (Å²) >= 11 is 0. The van der Waals surface area contributed by atoms with Crippen molar-refractivity contribution in [1.82, 2.24) is 10.6 Å². The average Bonchev–Trinajstić information content (AvgIpc) is 2.64. The maximum atomic E-state index is 5.35. The van der Waals surface area contributed by atoms with E-state index in [2.05, 4.69) is 65.0 Å². The van der Waals surface area contributed by atoms with Gasteiger partial charge in [0.15, 0.2) is 5.96 Å². The maximum absolute atomic E-state index is 5.35. The first kappa shape index (κ1) is 19.3. The molecule has 2 rings (SSSR count). The van der Waals surface area contributed by atoms with E-state index in [0.717, 1.165) is 58.1 Å². The van der Waals surface area contributed by atoms with Crippen molar-refractivity contribution in [3.63, 3.8) is 0 Å². The number of guanidine groups is 1. The van der Waals surface area contributed by atoms with E-state index in [0.29, 0.717) is 0 Å². The van der Waals surface area contributed by atoms with Crippen LogP contribution in [-0.4, -0.2) is 38.8 Å². The molecule has 0 heterocycles. The van der Waals surface area contributed by atoms with E-state index in [1.165, 1.54) is 16.3 Å². The number of rotatable bonds is 10. The number of fused-ring (bicyclic) bond motifs is 1. The molecule has 2 aromatic carbocycles. The van der Waals surface area contributed by atoms with Crippen molar-refractivity contribution in [1.29, 1.82) is 0 Å². The van der Waals surface area contributed by atoms with Crippen LogP contribution in [0.2, 0.25) is 0 Å². The first-order valence-corrected chi connectivity index (χ1v) is 9.41. The third-order valence-electron chi connectivity index (χ3n) is 4.04. The Morgan fingerprint density at radius 1 is 1.00 bits per heavy atom. The first-order valence-electron chi connectivity index (χ1n) is 9.41. The van der Waals surface area contributed by atoms with E-state index in [1.807, 2.05) is 6.92 Å². The summed E-state index contributed by atoms with van der Waals surface area (Å²) in [6.45, 7) is 8.33. The molecule has 0 bridgehead atoms. The lowest BCUT2D eigenvalue weighted by molar-refractivity contribution is 0.144. The van der Waals surface area contributed by atoms with Gasteiger partial charge in [-0.1, -0.05) is 42.5 Å². The molecule has 0 radical (unpaired) electrons. The Hall–Kier alpha value is -2.07. The molecule has 2 N–H and O–H groups in total. The number of benzene rings is 2. The van der Waals surface area contributed by atoms with E-state index in [9.17, 15) is 0 Å². The summed E-state index contributed by atoms with van der Waals surface area (Å²) < 4.78 is 5.35. The van der Waals surface area contributed by atoms with Crippen LogP contribution in [0.3, 0.4) is 0 Å². The van der Waals surface area contributed by atoms with Crippen molar-refractivity contribution in [2.24, 2.45) is 4.99 Å². The average molecular weight is 341 g/mol. The predicted octanol–water partition coefficient (Wildman–Crippen LogP) is 3.75. The number of nitrogens with one attached hydrogen (secondary N) is 2. The van der Waals surface area contributed by atoms with Gasteiger partial charge in [-0.05, 0) is 49.4 Å². The molecule has 4 heteroatoms. The fourth-order valence-corrected chi connectivity index (χ4v) is 2.71. The molecule has 0 aliphatic rings. The van der Waals surface area contributed by atoms with Crippen LogP contribution in [0.4, 0.5) is 0 Å². The van der Waals surface area contributed by atoms with E-state index >= 15 is 0 Å². The van der Waals surface area contributed by atoms with Crippen molar-refractivity contribution >= 4 is 16.7 Å². The summed E-state index contributed by atoms with van der Waals surface area (Å²) in [6.07, 6.45) is 3.11.